The smallest absolute Gasteiger partial charge is 0.109 e. The highest BCUT2D eigenvalue weighted by Gasteiger charge is 2.11. The lowest BCUT2D eigenvalue weighted by Gasteiger charge is -2.11. The molecule has 0 aliphatic carbocycles. The van der Waals surface area contributed by atoms with E-state index in [4.69, 9.17) is 5.26 Å². The van der Waals surface area contributed by atoms with E-state index in [-0.39, 0.29) is 0 Å². The first-order valence-corrected chi connectivity index (χ1v) is 4.32. The number of aryl methyl sites for hydroxylation is 2. The van der Waals surface area contributed by atoms with Gasteiger partial charge in [0.1, 0.15) is 5.82 Å². The number of nitrogens with zero attached hydrogens (tertiary/aromatic N) is 3. The van der Waals surface area contributed by atoms with Crippen LogP contribution in [-0.2, 0) is 19.4 Å². The zero-order valence-corrected chi connectivity index (χ0v) is 6.95. The van der Waals surface area contributed by atoms with Crippen LogP contribution in [0.3, 0.4) is 0 Å². The van der Waals surface area contributed by atoms with Gasteiger partial charge in [0.25, 0.3) is 0 Å². The van der Waals surface area contributed by atoms with E-state index in [0.29, 0.717) is 6.42 Å². The molecule has 62 valence electrons. The minimum atomic E-state index is 0.444. The average Bonchev–Trinajstić information content (AvgIpc) is 2.47. The number of hydrogen-bond donors (Lipinski definition) is 0. The maximum absolute atomic E-state index is 8.48. The zero-order valence-electron chi connectivity index (χ0n) is 6.95. The summed E-state index contributed by atoms with van der Waals surface area (Å²) in [4.78, 5) is 4.38. The largest absolute Gasteiger partial charge is 0.335 e. The second kappa shape index (κ2) is 2.98. The van der Waals surface area contributed by atoms with Crippen LogP contribution >= 0.6 is 0 Å². The molecule has 0 saturated heterocycles. The fourth-order valence-corrected chi connectivity index (χ4v) is 1.64. The molecule has 1 aliphatic heterocycles. The molecular formula is C9H11N3. The van der Waals surface area contributed by atoms with Crippen LogP contribution in [-0.4, -0.2) is 9.55 Å². The van der Waals surface area contributed by atoms with E-state index in [1.165, 1.54) is 12.8 Å². The van der Waals surface area contributed by atoms with Crippen molar-refractivity contribution in [1.29, 1.82) is 5.26 Å². The van der Waals surface area contributed by atoms with Gasteiger partial charge in [-0.25, -0.2) is 4.98 Å². The summed E-state index contributed by atoms with van der Waals surface area (Å²) in [5, 5.41) is 8.48. The van der Waals surface area contributed by atoms with Crippen LogP contribution in [0.2, 0.25) is 0 Å². The Kier molecular flexibility index (Phi) is 1.83. The number of hydrogen-bond acceptors (Lipinski definition) is 2. The summed E-state index contributed by atoms with van der Waals surface area (Å²) in [5.41, 5.74) is 0.925. The SMILES string of the molecule is N#CCc1cn2c(n1)CCCC2. The Hall–Kier alpha value is -1.30. The van der Waals surface area contributed by atoms with Gasteiger partial charge in [-0.2, -0.15) is 5.26 Å². The minimum Gasteiger partial charge on any atom is -0.335 e. The summed E-state index contributed by atoms with van der Waals surface area (Å²) in [6.45, 7) is 1.08. The van der Waals surface area contributed by atoms with Gasteiger partial charge < -0.3 is 4.57 Å². The fourth-order valence-electron chi connectivity index (χ4n) is 1.64. The Morgan fingerprint density at radius 1 is 1.58 bits per heavy atom. The van der Waals surface area contributed by atoms with Crippen LogP contribution in [0, 0.1) is 11.3 Å². The van der Waals surface area contributed by atoms with Gasteiger partial charge in [-0.15, -0.1) is 0 Å². The minimum absolute atomic E-state index is 0.444. The third kappa shape index (κ3) is 1.20. The molecule has 0 fully saturated rings. The second-order valence-electron chi connectivity index (χ2n) is 3.13. The van der Waals surface area contributed by atoms with E-state index in [2.05, 4.69) is 15.6 Å². The monoisotopic (exact) mass is 161 g/mol. The highest BCUT2D eigenvalue weighted by Crippen LogP contribution is 2.14. The van der Waals surface area contributed by atoms with Crippen molar-refractivity contribution in [3.63, 3.8) is 0 Å². The third-order valence-electron chi connectivity index (χ3n) is 2.22. The predicted molar refractivity (Wildman–Crippen MR) is 44.5 cm³/mol. The molecule has 1 aromatic heterocycles. The van der Waals surface area contributed by atoms with Crippen molar-refractivity contribution in [2.75, 3.05) is 0 Å². The molecule has 2 heterocycles. The maximum atomic E-state index is 8.48. The molecule has 0 radical (unpaired) electrons. The summed E-state index contributed by atoms with van der Waals surface area (Å²) in [7, 11) is 0. The molecule has 3 nitrogen and oxygen atoms in total. The average molecular weight is 161 g/mol. The Morgan fingerprint density at radius 2 is 2.50 bits per heavy atom. The van der Waals surface area contributed by atoms with E-state index in [1.807, 2.05) is 6.20 Å². The van der Waals surface area contributed by atoms with Gasteiger partial charge in [0.2, 0.25) is 0 Å². The van der Waals surface area contributed by atoms with Crippen LogP contribution in [0.5, 0.6) is 0 Å². The lowest BCUT2D eigenvalue weighted by molar-refractivity contribution is 0.522. The molecule has 0 amide bonds. The van der Waals surface area contributed by atoms with Gasteiger partial charge in [-0.1, -0.05) is 0 Å². The van der Waals surface area contributed by atoms with Crippen molar-refractivity contribution < 1.29 is 0 Å². The molecule has 3 heteroatoms. The number of imidazole rings is 1. The lowest BCUT2D eigenvalue weighted by Crippen LogP contribution is -2.08. The molecule has 0 bridgehead atoms. The van der Waals surface area contributed by atoms with Crippen LogP contribution in [0.25, 0.3) is 0 Å². The summed E-state index contributed by atoms with van der Waals surface area (Å²) >= 11 is 0. The van der Waals surface area contributed by atoms with Crippen LogP contribution in [0.15, 0.2) is 6.20 Å². The second-order valence-corrected chi connectivity index (χ2v) is 3.13. The first-order chi connectivity index (χ1) is 5.90. The normalized spacial score (nSPS) is 15.2. The lowest BCUT2D eigenvalue weighted by atomic mass is 10.2. The van der Waals surface area contributed by atoms with E-state index in [9.17, 15) is 0 Å². The van der Waals surface area contributed by atoms with Crippen LogP contribution < -0.4 is 0 Å². The number of nitriles is 1. The number of aromatic nitrogens is 2. The molecule has 0 aromatic carbocycles. The van der Waals surface area contributed by atoms with Crippen molar-refractivity contribution in [3.8, 4) is 6.07 Å². The van der Waals surface area contributed by atoms with Crippen molar-refractivity contribution in [2.24, 2.45) is 0 Å². The zero-order chi connectivity index (χ0) is 8.39. The summed E-state index contributed by atoms with van der Waals surface area (Å²) in [5.74, 6) is 1.16. The highest BCUT2D eigenvalue weighted by molar-refractivity contribution is 5.09. The summed E-state index contributed by atoms with van der Waals surface area (Å²) in [6.07, 6.45) is 6.02. The summed E-state index contributed by atoms with van der Waals surface area (Å²) in [6, 6.07) is 2.12. The van der Waals surface area contributed by atoms with Gasteiger partial charge in [-0.05, 0) is 12.8 Å². The number of fused-ring (bicyclic) bond motifs is 1. The van der Waals surface area contributed by atoms with Gasteiger partial charge in [0.15, 0.2) is 0 Å². The molecule has 12 heavy (non-hydrogen) atoms. The number of rotatable bonds is 1. The molecular weight excluding hydrogens is 150 g/mol. The van der Waals surface area contributed by atoms with Crippen LogP contribution in [0.1, 0.15) is 24.4 Å². The third-order valence-corrected chi connectivity index (χ3v) is 2.22. The Balaban J connectivity index is 2.27. The molecule has 0 N–H and O–H groups in total. The van der Waals surface area contributed by atoms with Crippen LogP contribution in [0.4, 0.5) is 0 Å². The topological polar surface area (TPSA) is 41.6 Å². The van der Waals surface area contributed by atoms with Crippen molar-refractivity contribution in [3.05, 3.63) is 17.7 Å². The van der Waals surface area contributed by atoms with Gasteiger partial charge in [0.05, 0.1) is 18.2 Å². The molecule has 0 saturated carbocycles. The predicted octanol–water partition coefficient (Wildman–Crippen LogP) is 1.29. The van der Waals surface area contributed by atoms with Crippen molar-refractivity contribution in [2.45, 2.75) is 32.2 Å². The van der Waals surface area contributed by atoms with Crippen molar-refractivity contribution in [1.82, 2.24) is 9.55 Å². The molecule has 0 atom stereocenters. The molecule has 2 rings (SSSR count). The Labute approximate surface area is 71.6 Å². The first kappa shape index (κ1) is 7.35. The van der Waals surface area contributed by atoms with E-state index >= 15 is 0 Å². The standard InChI is InChI=1S/C9H11N3/c10-5-4-8-7-12-6-2-1-3-9(12)11-8/h7H,1-4,6H2. The summed E-state index contributed by atoms with van der Waals surface area (Å²) < 4.78 is 2.18. The fraction of sp³-hybridized carbons (Fsp3) is 0.556. The van der Waals surface area contributed by atoms with E-state index in [0.717, 1.165) is 24.5 Å². The molecule has 1 aromatic rings. The van der Waals surface area contributed by atoms with E-state index in [1.54, 1.807) is 0 Å². The maximum Gasteiger partial charge on any atom is 0.109 e. The Morgan fingerprint density at radius 3 is 3.25 bits per heavy atom. The van der Waals surface area contributed by atoms with Crippen molar-refractivity contribution >= 4 is 0 Å². The van der Waals surface area contributed by atoms with E-state index < -0.39 is 0 Å². The van der Waals surface area contributed by atoms with Gasteiger partial charge in [0, 0.05) is 19.2 Å². The molecule has 0 spiro atoms. The Bertz CT molecular complexity index is 296. The van der Waals surface area contributed by atoms with Gasteiger partial charge >= 0.3 is 0 Å². The van der Waals surface area contributed by atoms with Gasteiger partial charge in [-0.3, -0.25) is 0 Å². The molecule has 0 unspecified atom stereocenters. The molecule has 1 aliphatic rings. The first-order valence-electron chi connectivity index (χ1n) is 4.32. The highest BCUT2D eigenvalue weighted by atomic mass is 15.1. The quantitative estimate of drug-likeness (QED) is 0.622.